The molecule has 3 heteroatoms. The van der Waals surface area contributed by atoms with Crippen molar-refractivity contribution in [1.29, 1.82) is 5.26 Å². The Bertz CT molecular complexity index is 401. The lowest BCUT2D eigenvalue weighted by molar-refractivity contribution is 0.199. The second kappa shape index (κ2) is 5.20. The highest BCUT2D eigenvalue weighted by atomic mass is 16.3. The molecular formula is C14H18N2O. The molecule has 0 aromatic heterocycles. The van der Waals surface area contributed by atoms with Gasteiger partial charge in [-0.25, -0.2) is 0 Å². The summed E-state index contributed by atoms with van der Waals surface area (Å²) in [6.45, 7) is 2.57. The molecule has 1 aliphatic rings. The molecule has 1 saturated carbocycles. The Kier molecular flexibility index (Phi) is 3.65. The minimum atomic E-state index is -0.419. The summed E-state index contributed by atoms with van der Waals surface area (Å²) in [5, 5.41) is 18.1. The third-order valence-electron chi connectivity index (χ3n) is 3.16. The summed E-state index contributed by atoms with van der Waals surface area (Å²) in [4.78, 5) is 2.30. The summed E-state index contributed by atoms with van der Waals surface area (Å²) >= 11 is 0. The van der Waals surface area contributed by atoms with Gasteiger partial charge in [-0.2, -0.15) is 5.26 Å². The van der Waals surface area contributed by atoms with E-state index in [2.05, 4.69) is 11.0 Å². The monoisotopic (exact) mass is 230 g/mol. The maximum Gasteiger partial charge on any atom is 0.0761 e. The molecule has 3 nitrogen and oxygen atoms in total. The number of nitriles is 1. The van der Waals surface area contributed by atoms with Gasteiger partial charge in [0.15, 0.2) is 0 Å². The van der Waals surface area contributed by atoms with Crippen LogP contribution in [0.1, 0.15) is 37.9 Å². The van der Waals surface area contributed by atoms with Crippen LogP contribution >= 0.6 is 0 Å². The molecule has 0 bridgehead atoms. The van der Waals surface area contributed by atoms with Crippen LogP contribution in [-0.2, 0) is 0 Å². The maximum atomic E-state index is 9.46. The first-order chi connectivity index (χ1) is 8.22. The minimum Gasteiger partial charge on any atom is -0.389 e. The highest BCUT2D eigenvalue weighted by Crippen LogP contribution is 2.32. The molecule has 1 aromatic carbocycles. The highest BCUT2D eigenvalue weighted by Gasteiger charge is 2.28. The van der Waals surface area contributed by atoms with Crippen molar-refractivity contribution in [3.05, 3.63) is 29.8 Å². The summed E-state index contributed by atoms with van der Waals surface area (Å²) in [5.41, 5.74) is 2.09. The van der Waals surface area contributed by atoms with Gasteiger partial charge in [0.1, 0.15) is 0 Å². The molecule has 2 rings (SSSR count). The zero-order chi connectivity index (χ0) is 12.3. The topological polar surface area (TPSA) is 47.3 Å². The fourth-order valence-electron chi connectivity index (χ4n) is 2.02. The second-order valence-corrected chi connectivity index (χ2v) is 4.60. The van der Waals surface area contributed by atoms with E-state index in [1.165, 1.54) is 12.8 Å². The number of aliphatic hydroxyl groups excluding tert-OH is 1. The molecular weight excluding hydrogens is 212 g/mol. The van der Waals surface area contributed by atoms with Gasteiger partial charge >= 0.3 is 0 Å². The molecule has 0 radical (unpaired) electrons. The van der Waals surface area contributed by atoms with E-state index < -0.39 is 6.10 Å². The number of nitrogens with zero attached hydrogens (tertiary/aromatic N) is 2. The standard InChI is InChI=1S/C14H18N2O/c1-11(17)12-3-5-13(6-4-12)16(10-2-9-15)14-7-8-14/h3-6,11,14,17H,2,7-8,10H2,1H3/t11-/m1/s1. The van der Waals surface area contributed by atoms with Gasteiger partial charge in [-0.15, -0.1) is 0 Å². The Balaban J connectivity index is 2.10. The highest BCUT2D eigenvalue weighted by molar-refractivity contribution is 5.50. The van der Waals surface area contributed by atoms with Gasteiger partial charge in [-0.3, -0.25) is 0 Å². The largest absolute Gasteiger partial charge is 0.389 e. The molecule has 0 heterocycles. The molecule has 1 fully saturated rings. The lowest BCUT2D eigenvalue weighted by atomic mass is 10.1. The predicted molar refractivity (Wildman–Crippen MR) is 67.7 cm³/mol. The third-order valence-corrected chi connectivity index (χ3v) is 3.16. The van der Waals surface area contributed by atoms with E-state index in [-0.39, 0.29) is 0 Å². The zero-order valence-electron chi connectivity index (χ0n) is 10.1. The minimum absolute atomic E-state index is 0.419. The SMILES string of the molecule is C[C@@H](O)c1ccc(N(CCC#N)C2CC2)cc1. The Morgan fingerprint density at radius 3 is 2.53 bits per heavy atom. The molecule has 1 aromatic rings. The zero-order valence-corrected chi connectivity index (χ0v) is 10.1. The van der Waals surface area contributed by atoms with Gasteiger partial charge in [0, 0.05) is 18.3 Å². The van der Waals surface area contributed by atoms with E-state index in [0.29, 0.717) is 12.5 Å². The van der Waals surface area contributed by atoms with Gasteiger partial charge in [0.25, 0.3) is 0 Å². The third kappa shape index (κ3) is 2.98. The Hall–Kier alpha value is -1.53. The van der Waals surface area contributed by atoms with E-state index in [1.54, 1.807) is 6.92 Å². The summed E-state index contributed by atoms with van der Waals surface area (Å²) in [6.07, 6.45) is 2.60. The molecule has 0 amide bonds. The van der Waals surface area contributed by atoms with E-state index in [4.69, 9.17) is 5.26 Å². The fourth-order valence-corrected chi connectivity index (χ4v) is 2.02. The van der Waals surface area contributed by atoms with Crippen molar-refractivity contribution in [3.63, 3.8) is 0 Å². The van der Waals surface area contributed by atoms with Crippen LogP contribution in [0.25, 0.3) is 0 Å². The Labute approximate surface area is 102 Å². The normalized spacial score (nSPS) is 16.3. The van der Waals surface area contributed by atoms with E-state index in [1.807, 2.05) is 24.3 Å². The van der Waals surface area contributed by atoms with Crippen molar-refractivity contribution >= 4 is 5.69 Å². The summed E-state index contributed by atoms with van der Waals surface area (Å²) in [7, 11) is 0. The van der Waals surface area contributed by atoms with Crippen LogP contribution < -0.4 is 4.90 Å². The molecule has 17 heavy (non-hydrogen) atoms. The van der Waals surface area contributed by atoms with Gasteiger partial charge in [-0.1, -0.05) is 12.1 Å². The van der Waals surface area contributed by atoms with Crippen LogP contribution in [0.2, 0.25) is 0 Å². The van der Waals surface area contributed by atoms with E-state index in [0.717, 1.165) is 17.8 Å². The van der Waals surface area contributed by atoms with Crippen LogP contribution in [0.15, 0.2) is 24.3 Å². The smallest absolute Gasteiger partial charge is 0.0761 e. The molecule has 1 atom stereocenters. The van der Waals surface area contributed by atoms with Crippen LogP contribution in [0.5, 0.6) is 0 Å². The summed E-state index contributed by atoms with van der Waals surface area (Å²) in [6, 6.07) is 10.8. The number of hydrogen-bond acceptors (Lipinski definition) is 3. The molecule has 1 N–H and O–H groups in total. The van der Waals surface area contributed by atoms with Crippen molar-refractivity contribution in [2.24, 2.45) is 0 Å². The summed E-state index contributed by atoms with van der Waals surface area (Å²) < 4.78 is 0. The first kappa shape index (κ1) is 11.9. The van der Waals surface area contributed by atoms with Gasteiger partial charge in [0.05, 0.1) is 18.6 Å². The first-order valence-electron chi connectivity index (χ1n) is 6.14. The second-order valence-electron chi connectivity index (χ2n) is 4.60. The number of aliphatic hydroxyl groups is 1. The lowest BCUT2D eigenvalue weighted by Crippen LogP contribution is -2.26. The molecule has 0 aliphatic heterocycles. The Morgan fingerprint density at radius 1 is 1.41 bits per heavy atom. The molecule has 0 spiro atoms. The van der Waals surface area contributed by atoms with Crippen molar-refractivity contribution in [2.75, 3.05) is 11.4 Å². The first-order valence-corrected chi connectivity index (χ1v) is 6.14. The molecule has 0 saturated heterocycles. The van der Waals surface area contributed by atoms with Crippen molar-refractivity contribution in [2.45, 2.75) is 38.3 Å². The quantitative estimate of drug-likeness (QED) is 0.845. The van der Waals surface area contributed by atoms with Gasteiger partial charge in [0.2, 0.25) is 0 Å². The van der Waals surface area contributed by atoms with Crippen molar-refractivity contribution in [1.82, 2.24) is 0 Å². The van der Waals surface area contributed by atoms with Crippen LogP contribution in [0.3, 0.4) is 0 Å². The van der Waals surface area contributed by atoms with Crippen molar-refractivity contribution in [3.8, 4) is 6.07 Å². The molecule has 90 valence electrons. The fraction of sp³-hybridized carbons (Fsp3) is 0.500. The van der Waals surface area contributed by atoms with E-state index >= 15 is 0 Å². The number of benzene rings is 1. The molecule has 0 unspecified atom stereocenters. The maximum absolute atomic E-state index is 9.46. The van der Waals surface area contributed by atoms with Crippen LogP contribution in [-0.4, -0.2) is 17.7 Å². The molecule has 1 aliphatic carbocycles. The predicted octanol–water partition coefficient (Wildman–Crippen LogP) is 2.62. The Morgan fingerprint density at radius 2 is 2.06 bits per heavy atom. The number of rotatable bonds is 5. The average molecular weight is 230 g/mol. The van der Waals surface area contributed by atoms with E-state index in [9.17, 15) is 5.11 Å². The van der Waals surface area contributed by atoms with Gasteiger partial charge < -0.3 is 10.0 Å². The van der Waals surface area contributed by atoms with Crippen LogP contribution in [0, 0.1) is 11.3 Å². The number of hydrogen-bond donors (Lipinski definition) is 1. The van der Waals surface area contributed by atoms with Crippen LogP contribution in [0.4, 0.5) is 5.69 Å². The van der Waals surface area contributed by atoms with Crippen molar-refractivity contribution < 1.29 is 5.11 Å². The lowest BCUT2D eigenvalue weighted by Gasteiger charge is -2.24. The average Bonchev–Trinajstić information content (AvgIpc) is 3.14. The van der Waals surface area contributed by atoms with Gasteiger partial charge in [-0.05, 0) is 37.5 Å². The number of anilines is 1. The summed E-state index contributed by atoms with van der Waals surface area (Å²) in [5.74, 6) is 0.